The molecule has 0 aromatic heterocycles. The van der Waals surface area contributed by atoms with Crippen LogP contribution in [0.5, 0.6) is 0 Å². The second-order valence-corrected chi connectivity index (χ2v) is 4.51. The average Bonchev–Trinajstić information content (AvgIpc) is 2.39. The molecule has 0 heterocycles. The van der Waals surface area contributed by atoms with Crippen molar-refractivity contribution in [2.75, 3.05) is 18.1 Å². The summed E-state index contributed by atoms with van der Waals surface area (Å²) in [6.45, 7) is 4.52. The predicted octanol–water partition coefficient (Wildman–Crippen LogP) is 2.65. The van der Waals surface area contributed by atoms with Gasteiger partial charge >= 0.3 is 5.97 Å². The summed E-state index contributed by atoms with van der Waals surface area (Å²) in [6.07, 6.45) is 0. The summed E-state index contributed by atoms with van der Waals surface area (Å²) >= 11 is 0. The van der Waals surface area contributed by atoms with E-state index in [0.29, 0.717) is 6.07 Å². The predicted molar refractivity (Wildman–Crippen MR) is 72.1 cm³/mol. The van der Waals surface area contributed by atoms with Gasteiger partial charge in [-0.25, -0.2) is 8.78 Å². The van der Waals surface area contributed by atoms with E-state index in [1.165, 1.54) is 0 Å². The summed E-state index contributed by atoms with van der Waals surface area (Å²) in [4.78, 5) is 22.8. The van der Waals surface area contributed by atoms with Gasteiger partial charge < -0.3 is 9.64 Å². The van der Waals surface area contributed by atoms with Crippen LogP contribution < -0.4 is 4.90 Å². The fourth-order valence-corrected chi connectivity index (χ4v) is 1.82. The van der Waals surface area contributed by atoms with Crippen molar-refractivity contribution in [3.05, 3.63) is 33.9 Å². The lowest BCUT2D eigenvalue weighted by Gasteiger charge is -2.27. The number of rotatable bonds is 6. The lowest BCUT2D eigenvalue weighted by atomic mass is 10.2. The number of nitro benzene ring substituents is 1. The van der Waals surface area contributed by atoms with Gasteiger partial charge in [0.1, 0.15) is 6.54 Å². The zero-order valence-electron chi connectivity index (χ0n) is 11.9. The number of nitrogens with zero attached hydrogens (tertiary/aromatic N) is 2. The number of hydrogen-bond acceptors (Lipinski definition) is 5. The van der Waals surface area contributed by atoms with Crippen LogP contribution in [0.4, 0.5) is 20.2 Å². The summed E-state index contributed by atoms with van der Waals surface area (Å²) in [5.74, 6) is -3.25. The molecule has 0 aliphatic heterocycles. The van der Waals surface area contributed by atoms with E-state index in [2.05, 4.69) is 0 Å². The second-order valence-electron chi connectivity index (χ2n) is 4.51. The largest absolute Gasteiger partial charge is 0.465 e. The summed E-state index contributed by atoms with van der Waals surface area (Å²) < 4.78 is 32.1. The number of ether oxygens (including phenoxy) is 1. The molecule has 116 valence electrons. The molecular weight excluding hydrogens is 286 g/mol. The Labute approximate surface area is 120 Å². The van der Waals surface area contributed by atoms with E-state index in [0.717, 1.165) is 11.0 Å². The lowest BCUT2D eigenvalue weighted by Crippen LogP contribution is -2.37. The maximum atomic E-state index is 14.0. The number of carbonyl (C=O) groups is 1. The number of halogens is 2. The van der Waals surface area contributed by atoms with Crippen LogP contribution in [-0.4, -0.2) is 30.1 Å². The Hall–Kier alpha value is -2.25. The van der Waals surface area contributed by atoms with E-state index >= 15 is 0 Å². The highest BCUT2D eigenvalue weighted by Crippen LogP contribution is 2.33. The second kappa shape index (κ2) is 6.96. The van der Waals surface area contributed by atoms with Crippen LogP contribution in [0.15, 0.2) is 12.1 Å². The SMILES string of the molecule is CCOC(=O)CN(c1c([N+](=O)[O-])ccc(F)c1F)C(C)C. The Kier molecular flexibility index (Phi) is 5.57. The summed E-state index contributed by atoms with van der Waals surface area (Å²) in [5, 5.41) is 11.0. The number of anilines is 1. The zero-order chi connectivity index (χ0) is 16.2. The van der Waals surface area contributed by atoms with Crippen molar-refractivity contribution in [1.29, 1.82) is 0 Å². The van der Waals surface area contributed by atoms with Crippen LogP contribution in [0.3, 0.4) is 0 Å². The molecule has 0 radical (unpaired) electrons. The molecule has 1 aromatic rings. The molecule has 0 unspecified atom stereocenters. The highest BCUT2D eigenvalue weighted by molar-refractivity contribution is 5.78. The van der Waals surface area contributed by atoms with E-state index in [9.17, 15) is 23.7 Å². The van der Waals surface area contributed by atoms with Crippen LogP contribution in [0, 0.1) is 21.7 Å². The zero-order valence-corrected chi connectivity index (χ0v) is 11.9. The van der Waals surface area contributed by atoms with Gasteiger partial charge in [-0.2, -0.15) is 0 Å². The Bertz CT molecular complexity index is 549. The molecule has 6 nitrogen and oxygen atoms in total. The molecular formula is C13H16F2N2O4. The van der Waals surface area contributed by atoms with Gasteiger partial charge in [0.2, 0.25) is 0 Å². The molecule has 0 atom stereocenters. The van der Waals surface area contributed by atoms with Gasteiger partial charge in [0, 0.05) is 12.1 Å². The Morgan fingerprint density at radius 2 is 2.05 bits per heavy atom. The minimum absolute atomic E-state index is 0.124. The topological polar surface area (TPSA) is 72.7 Å². The van der Waals surface area contributed by atoms with Gasteiger partial charge in [0.15, 0.2) is 17.3 Å². The molecule has 1 aromatic carbocycles. The first-order valence-electron chi connectivity index (χ1n) is 6.34. The molecule has 0 saturated heterocycles. The third-order valence-corrected chi connectivity index (χ3v) is 2.76. The van der Waals surface area contributed by atoms with Crippen LogP contribution in [0.2, 0.25) is 0 Å². The van der Waals surface area contributed by atoms with Crippen molar-refractivity contribution in [3.63, 3.8) is 0 Å². The number of hydrogen-bond donors (Lipinski definition) is 0. The van der Waals surface area contributed by atoms with Gasteiger partial charge in [0.05, 0.1) is 11.5 Å². The number of benzene rings is 1. The smallest absolute Gasteiger partial charge is 0.325 e. The van der Waals surface area contributed by atoms with E-state index in [-0.39, 0.29) is 6.61 Å². The van der Waals surface area contributed by atoms with E-state index in [1.807, 2.05) is 0 Å². The number of carbonyl (C=O) groups excluding carboxylic acids is 1. The molecule has 8 heteroatoms. The number of nitro groups is 1. The van der Waals surface area contributed by atoms with Crippen molar-refractivity contribution in [2.45, 2.75) is 26.8 Å². The third-order valence-electron chi connectivity index (χ3n) is 2.76. The van der Waals surface area contributed by atoms with Crippen molar-refractivity contribution in [2.24, 2.45) is 0 Å². The molecule has 0 saturated carbocycles. The van der Waals surface area contributed by atoms with Gasteiger partial charge in [-0.3, -0.25) is 14.9 Å². The number of esters is 1. The van der Waals surface area contributed by atoms with Gasteiger partial charge in [0.25, 0.3) is 5.69 Å². The van der Waals surface area contributed by atoms with Gasteiger partial charge in [-0.1, -0.05) is 0 Å². The monoisotopic (exact) mass is 302 g/mol. The first kappa shape index (κ1) is 16.8. The fourth-order valence-electron chi connectivity index (χ4n) is 1.82. The minimum atomic E-state index is -1.36. The van der Waals surface area contributed by atoms with Crippen LogP contribution in [-0.2, 0) is 9.53 Å². The first-order chi connectivity index (χ1) is 9.79. The maximum absolute atomic E-state index is 14.0. The fraction of sp³-hybridized carbons (Fsp3) is 0.462. The summed E-state index contributed by atoms with van der Waals surface area (Å²) in [6, 6.07) is 1.08. The van der Waals surface area contributed by atoms with E-state index in [4.69, 9.17) is 4.74 Å². The molecule has 1 rings (SSSR count). The van der Waals surface area contributed by atoms with E-state index in [1.54, 1.807) is 20.8 Å². The molecule has 0 amide bonds. The summed E-state index contributed by atoms with van der Waals surface area (Å²) in [5.41, 5.74) is -1.16. The summed E-state index contributed by atoms with van der Waals surface area (Å²) in [7, 11) is 0. The van der Waals surface area contributed by atoms with Crippen molar-refractivity contribution >= 4 is 17.3 Å². The Morgan fingerprint density at radius 3 is 2.52 bits per heavy atom. The average molecular weight is 302 g/mol. The van der Waals surface area contributed by atoms with Gasteiger partial charge in [-0.05, 0) is 26.8 Å². The standard InChI is InChI=1S/C13H16F2N2O4/c1-4-21-11(18)7-16(8(2)3)13-10(17(19)20)6-5-9(14)12(13)15/h5-6,8H,4,7H2,1-3H3. The van der Waals surface area contributed by atoms with Crippen molar-refractivity contribution in [3.8, 4) is 0 Å². The Balaban J connectivity index is 3.33. The quantitative estimate of drug-likeness (QED) is 0.459. The molecule has 0 aliphatic rings. The maximum Gasteiger partial charge on any atom is 0.325 e. The van der Waals surface area contributed by atoms with Crippen LogP contribution >= 0.6 is 0 Å². The lowest BCUT2D eigenvalue weighted by molar-refractivity contribution is -0.384. The molecule has 0 N–H and O–H groups in total. The molecule has 0 bridgehead atoms. The van der Waals surface area contributed by atoms with Gasteiger partial charge in [-0.15, -0.1) is 0 Å². The van der Waals surface area contributed by atoms with E-state index < -0.39 is 46.5 Å². The Morgan fingerprint density at radius 1 is 1.43 bits per heavy atom. The molecule has 0 spiro atoms. The molecule has 0 aliphatic carbocycles. The first-order valence-corrected chi connectivity index (χ1v) is 6.34. The van der Waals surface area contributed by atoms with Crippen molar-refractivity contribution < 1.29 is 23.2 Å². The minimum Gasteiger partial charge on any atom is -0.465 e. The molecule has 21 heavy (non-hydrogen) atoms. The highest BCUT2D eigenvalue weighted by atomic mass is 19.2. The van der Waals surface area contributed by atoms with Crippen LogP contribution in [0.1, 0.15) is 20.8 Å². The van der Waals surface area contributed by atoms with Crippen LogP contribution in [0.25, 0.3) is 0 Å². The van der Waals surface area contributed by atoms with Crippen molar-refractivity contribution in [1.82, 2.24) is 0 Å². The third kappa shape index (κ3) is 3.87. The highest BCUT2D eigenvalue weighted by Gasteiger charge is 2.29. The normalized spacial score (nSPS) is 10.6. The molecule has 0 fully saturated rings.